The van der Waals surface area contributed by atoms with Gasteiger partial charge in [0.2, 0.25) is 0 Å². The van der Waals surface area contributed by atoms with Crippen molar-refractivity contribution in [3.8, 4) is 0 Å². The highest BCUT2D eigenvalue weighted by Crippen LogP contribution is 2.18. The van der Waals surface area contributed by atoms with Crippen molar-refractivity contribution < 1.29 is 0 Å². The molecule has 0 radical (unpaired) electrons. The normalized spacial score (nSPS) is 11.7. The van der Waals surface area contributed by atoms with Gasteiger partial charge < -0.3 is 11.6 Å². The summed E-state index contributed by atoms with van der Waals surface area (Å²) in [7, 11) is 0. The van der Waals surface area contributed by atoms with Crippen LogP contribution in [0.15, 0.2) is 23.3 Å². The molecule has 0 amide bonds. The van der Waals surface area contributed by atoms with Crippen molar-refractivity contribution in [1.29, 1.82) is 0 Å². The molecule has 0 saturated heterocycles. The van der Waals surface area contributed by atoms with Crippen molar-refractivity contribution in [2.45, 2.75) is 0 Å². The zero-order chi connectivity index (χ0) is 9.14. The number of hydrogen-bond donors (Lipinski definition) is 2. The maximum Gasteiger partial charge on any atom is 0.150 e. The van der Waals surface area contributed by atoms with Gasteiger partial charge in [-0.2, -0.15) is 5.10 Å². The summed E-state index contributed by atoms with van der Waals surface area (Å²) in [4.78, 5) is 0. The van der Waals surface area contributed by atoms with Gasteiger partial charge in [0.15, 0.2) is 0 Å². The van der Waals surface area contributed by atoms with Crippen molar-refractivity contribution in [3.05, 3.63) is 33.8 Å². The number of rotatable bonds is 1. The monoisotopic (exact) mass is 203 g/mol. The minimum Gasteiger partial charge on any atom is -0.382 e. The van der Waals surface area contributed by atoms with Crippen LogP contribution in [0.25, 0.3) is 0 Å². The Kier molecular flexibility index (Phi) is 2.78. The molecule has 5 heteroatoms. The Labute approximate surface area is 79.9 Å². The van der Waals surface area contributed by atoms with Crippen molar-refractivity contribution in [2.24, 2.45) is 16.7 Å². The molecule has 0 spiro atoms. The van der Waals surface area contributed by atoms with Gasteiger partial charge in [0.25, 0.3) is 0 Å². The molecular formula is C7H7Cl2N3. The second kappa shape index (κ2) is 3.65. The Balaban J connectivity index is 3.17. The van der Waals surface area contributed by atoms with Crippen LogP contribution in [0.2, 0.25) is 10.0 Å². The molecule has 0 saturated carbocycles. The fourth-order valence-corrected chi connectivity index (χ4v) is 1.30. The quantitative estimate of drug-likeness (QED) is 0.315. The zero-order valence-electron chi connectivity index (χ0n) is 6.09. The Morgan fingerprint density at radius 1 is 1.17 bits per heavy atom. The van der Waals surface area contributed by atoms with Crippen molar-refractivity contribution in [1.82, 2.24) is 0 Å². The third-order valence-electron chi connectivity index (χ3n) is 1.30. The molecule has 0 aliphatic rings. The molecule has 0 unspecified atom stereocenters. The van der Waals surface area contributed by atoms with E-state index in [4.69, 9.17) is 34.8 Å². The van der Waals surface area contributed by atoms with Crippen LogP contribution in [0.1, 0.15) is 5.56 Å². The number of nitrogens with zero attached hydrogens (tertiary/aromatic N) is 1. The van der Waals surface area contributed by atoms with Gasteiger partial charge >= 0.3 is 0 Å². The van der Waals surface area contributed by atoms with E-state index >= 15 is 0 Å². The van der Waals surface area contributed by atoms with E-state index < -0.39 is 0 Å². The topological polar surface area (TPSA) is 64.4 Å². The van der Waals surface area contributed by atoms with Crippen LogP contribution in [0.5, 0.6) is 0 Å². The van der Waals surface area contributed by atoms with Crippen molar-refractivity contribution >= 4 is 29.0 Å². The number of hydrogen-bond acceptors (Lipinski definition) is 2. The van der Waals surface area contributed by atoms with Gasteiger partial charge in [0.1, 0.15) is 5.84 Å². The first-order valence-corrected chi connectivity index (χ1v) is 3.89. The second-order valence-corrected chi connectivity index (χ2v) is 3.05. The van der Waals surface area contributed by atoms with Crippen molar-refractivity contribution in [2.75, 3.05) is 0 Å². The Morgan fingerprint density at radius 2 is 1.67 bits per heavy atom. The SMILES string of the molecule is N/N=C(\N)c1cc(Cl)cc(Cl)c1. The molecule has 1 aromatic carbocycles. The first kappa shape index (κ1) is 9.16. The molecule has 64 valence electrons. The molecule has 0 aromatic heterocycles. The zero-order valence-corrected chi connectivity index (χ0v) is 7.60. The molecule has 0 atom stereocenters. The highest BCUT2D eigenvalue weighted by molar-refractivity contribution is 6.35. The molecule has 12 heavy (non-hydrogen) atoms. The van der Waals surface area contributed by atoms with E-state index in [1.165, 1.54) is 0 Å². The van der Waals surface area contributed by atoms with E-state index in [1.54, 1.807) is 18.2 Å². The van der Waals surface area contributed by atoms with E-state index in [1.807, 2.05) is 0 Å². The largest absolute Gasteiger partial charge is 0.382 e. The summed E-state index contributed by atoms with van der Waals surface area (Å²) in [5.74, 6) is 5.19. The summed E-state index contributed by atoms with van der Waals surface area (Å²) < 4.78 is 0. The van der Waals surface area contributed by atoms with E-state index in [0.29, 0.717) is 15.6 Å². The van der Waals surface area contributed by atoms with E-state index in [-0.39, 0.29) is 5.84 Å². The van der Waals surface area contributed by atoms with Crippen LogP contribution < -0.4 is 11.6 Å². The third-order valence-corrected chi connectivity index (χ3v) is 1.73. The van der Waals surface area contributed by atoms with Gasteiger partial charge in [-0.3, -0.25) is 0 Å². The van der Waals surface area contributed by atoms with Crippen LogP contribution in [0.4, 0.5) is 0 Å². The van der Waals surface area contributed by atoms with E-state index in [9.17, 15) is 0 Å². The predicted octanol–water partition coefficient (Wildman–Crippen LogP) is 1.57. The summed E-state index contributed by atoms with van der Waals surface area (Å²) in [6.07, 6.45) is 0. The molecule has 0 heterocycles. The predicted molar refractivity (Wildman–Crippen MR) is 51.4 cm³/mol. The molecule has 3 nitrogen and oxygen atoms in total. The van der Waals surface area contributed by atoms with Gasteiger partial charge in [0, 0.05) is 15.6 Å². The Morgan fingerprint density at radius 3 is 2.08 bits per heavy atom. The Bertz CT molecular complexity index is 302. The lowest BCUT2D eigenvalue weighted by Crippen LogP contribution is -2.15. The molecule has 0 fully saturated rings. The summed E-state index contributed by atoms with van der Waals surface area (Å²) in [6, 6.07) is 4.88. The van der Waals surface area contributed by atoms with Crippen LogP contribution in [0, 0.1) is 0 Å². The molecule has 0 bridgehead atoms. The summed E-state index contributed by atoms with van der Waals surface area (Å²) in [6.45, 7) is 0. The maximum absolute atomic E-state index is 5.72. The smallest absolute Gasteiger partial charge is 0.150 e. The van der Waals surface area contributed by atoms with Gasteiger partial charge in [-0.15, -0.1) is 0 Å². The standard InChI is InChI=1S/C7H7Cl2N3/c8-5-1-4(7(10)12-11)2-6(9)3-5/h1-3H,11H2,(H2,10,12). The lowest BCUT2D eigenvalue weighted by atomic mass is 10.2. The average molecular weight is 204 g/mol. The molecule has 4 N–H and O–H groups in total. The lowest BCUT2D eigenvalue weighted by molar-refractivity contribution is 1.23. The highest BCUT2D eigenvalue weighted by Gasteiger charge is 2.00. The summed E-state index contributed by atoms with van der Waals surface area (Å²) >= 11 is 11.4. The Hall–Kier alpha value is -0.930. The maximum atomic E-state index is 5.72. The molecule has 0 aliphatic heterocycles. The summed E-state index contributed by atoms with van der Waals surface area (Å²) in [5.41, 5.74) is 6.06. The number of hydrazone groups is 1. The van der Waals surface area contributed by atoms with Gasteiger partial charge in [-0.05, 0) is 18.2 Å². The van der Waals surface area contributed by atoms with Crippen LogP contribution in [-0.2, 0) is 0 Å². The van der Waals surface area contributed by atoms with Gasteiger partial charge in [-0.1, -0.05) is 23.2 Å². The van der Waals surface area contributed by atoms with Crippen LogP contribution in [-0.4, -0.2) is 5.84 Å². The molecule has 0 aliphatic carbocycles. The fraction of sp³-hybridized carbons (Fsp3) is 0. The number of amidine groups is 1. The van der Waals surface area contributed by atoms with Crippen LogP contribution in [0.3, 0.4) is 0 Å². The minimum absolute atomic E-state index is 0.208. The number of nitrogens with two attached hydrogens (primary N) is 2. The average Bonchev–Trinajstić information content (AvgIpc) is 2.01. The van der Waals surface area contributed by atoms with Crippen molar-refractivity contribution in [3.63, 3.8) is 0 Å². The number of benzene rings is 1. The first-order chi connectivity index (χ1) is 5.63. The minimum atomic E-state index is 0.208. The number of halogens is 2. The highest BCUT2D eigenvalue weighted by atomic mass is 35.5. The lowest BCUT2D eigenvalue weighted by Gasteiger charge is -2.00. The first-order valence-electron chi connectivity index (χ1n) is 3.13. The third kappa shape index (κ3) is 2.03. The molecule has 1 rings (SSSR count). The van der Waals surface area contributed by atoms with E-state index in [0.717, 1.165) is 0 Å². The fourth-order valence-electron chi connectivity index (χ4n) is 0.776. The van der Waals surface area contributed by atoms with E-state index in [2.05, 4.69) is 5.10 Å². The van der Waals surface area contributed by atoms with Gasteiger partial charge in [0.05, 0.1) is 0 Å². The van der Waals surface area contributed by atoms with Crippen LogP contribution >= 0.6 is 23.2 Å². The second-order valence-electron chi connectivity index (χ2n) is 2.17. The molecule has 1 aromatic rings. The molecular weight excluding hydrogens is 197 g/mol. The van der Waals surface area contributed by atoms with Gasteiger partial charge in [-0.25, -0.2) is 0 Å². The summed E-state index contributed by atoms with van der Waals surface area (Å²) in [5, 5.41) is 4.33.